The number of ether oxygens (including phenoxy) is 1. The molecule has 118 valence electrons. The van der Waals surface area contributed by atoms with Gasteiger partial charge in [0.1, 0.15) is 0 Å². The molecule has 0 heterocycles. The van der Waals surface area contributed by atoms with Crippen molar-refractivity contribution in [3.8, 4) is 0 Å². The van der Waals surface area contributed by atoms with Gasteiger partial charge in [0.15, 0.2) is 0 Å². The predicted molar refractivity (Wildman–Crippen MR) is 90.5 cm³/mol. The van der Waals surface area contributed by atoms with E-state index in [9.17, 15) is 4.79 Å². The summed E-state index contributed by atoms with van der Waals surface area (Å²) >= 11 is 3.54. The Labute approximate surface area is 136 Å². The zero-order chi connectivity index (χ0) is 15.7. The van der Waals surface area contributed by atoms with Crippen LogP contribution in [0.25, 0.3) is 0 Å². The highest BCUT2D eigenvalue weighted by Crippen LogP contribution is 2.20. The molecule has 0 saturated heterocycles. The summed E-state index contributed by atoms with van der Waals surface area (Å²) in [6.07, 6.45) is 6.13. The molecule has 1 N–H and O–H groups in total. The minimum atomic E-state index is -0.304. The first-order chi connectivity index (χ1) is 10.1. The molecule has 0 aliphatic carbocycles. The molecule has 1 rings (SSSR count). The molecule has 0 bridgehead atoms. The quantitative estimate of drug-likeness (QED) is 0.653. The average Bonchev–Trinajstić information content (AvgIpc) is 2.50. The van der Waals surface area contributed by atoms with E-state index in [0.717, 1.165) is 11.0 Å². The highest BCUT2D eigenvalue weighted by molar-refractivity contribution is 9.10. The Balaban J connectivity index is 2.63. The third kappa shape index (κ3) is 6.18. The van der Waals surface area contributed by atoms with Crippen LogP contribution in [0.4, 0.5) is 0 Å². The summed E-state index contributed by atoms with van der Waals surface area (Å²) in [5.74, 6) is -0.304. The zero-order valence-electron chi connectivity index (χ0n) is 13.2. The highest BCUT2D eigenvalue weighted by atomic mass is 79.9. The molecule has 0 saturated carbocycles. The third-order valence-corrected chi connectivity index (χ3v) is 4.34. The van der Waals surface area contributed by atoms with Crippen molar-refractivity contribution in [2.24, 2.45) is 0 Å². The van der Waals surface area contributed by atoms with E-state index in [0.29, 0.717) is 11.6 Å². The fraction of sp³-hybridized carbons (Fsp3) is 0.588. The number of benzene rings is 1. The number of methoxy groups -OCH3 is 1. The molecule has 0 aliphatic rings. The molecular weight excluding hydrogens is 330 g/mol. The molecule has 0 aromatic heterocycles. The number of hydrogen-bond acceptors (Lipinski definition) is 3. The van der Waals surface area contributed by atoms with Crippen molar-refractivity contribution in [2.75, 3.05) is 7.11 Å². The molecule has 0 amide bonds. The molecule has 3 nitrogen and oxygen atoms in total. The number of halogens is 1. The Kier molecular flexibility index (Phi) is 8.62. The summed E-state index contributed by atoms with van der Waals surface area (Å²) in [7, 11) is 1.40. The third-order valence-electron chi connectivity index (χ3n) is 3.60. The van der Waals surface area contributed by atoms with Crippen LogP contribution in [0.3, 0.4) is 0 Å². The van der Waals surface area contributed by atoms with E-state index in [-0.39, 0.29) is 5.97 Å². The van der Waals surface area contributed by atoms with Crippen molar-refractivity contribution >= 4 is 21.9 Å². The zero-order valence-corrected chi connectivity index (χ0v) is 14.8. The normalized spacial score (nSPS) is 12.2. The van der Waals surface area contributed by atoms with Crippen LogP contribution < -0.4 is 5.32 Å². The van der Waals surface area contributed by atoms with Crippen LogP contribution in [0.5, 0.6) is 0 Å². The van der Waals surface area contributed by atoms with Crippen molar-refractivity contribution in [3.63, 3.8) is 0 Å². The highest BCUT2D eigenvalue weighted by Gasteiger charge is 2.10. The minimum Gasteiger partial charge on any atom is -0.465 e. The van der Waals surface area contributed by atoms with Gasteiger partial charge in [-0.1, -0.05) is 55.1 Å². The second-order valence-electron chi connectivity index (χ2n) is 5.31. The second kappa shape index (κ2) is 9.96. The van der Waals surface area contributed by atoms with Gasteiger partial charge in [-0.3, -0.25) is 0 Å². The first-order valence-electron chi connectivity index (χ1n) is 7.72. The molecule has 21 heavy (non-hydrogen) atoms. The Morgan fingerprint density at radius 2 is 2.05 bits per heavy atom. The van der Waals surface area contributed by atoms with Crippen molar-refractivity contribution in [1.82, 2.24) is 5.32 Å². The summed E-state index contributed by atoms with van der Waals surface area (Å²) in [6.45, 7) is 5.27. The van der Waals surface area contributed by atoms with Crippen molar-refractivity contribution in [2.45, 2.75) is 58.5 Å². The van der Waals surface area contributed by atoms with E-state index < -0.39 is 0 Å². The molecule has 0 aliphatic heterocycles. The van der Waals surface area contributed by atoms with E-state index in [2.05, 4.69) is 35.1 Å². The van der Waals surface area contributed by atoms with Crippen molar-refractivity contribution in [1.29, 1.82) is 0 Å². The van der Waals surface area contributed by atoms with Crippen molar-refractivity contribution < 1.29 is 9.53 Å². The maximum absolute atomic E-state index is 11.5. The number of nitrogens with one attached hydrogen (secondary N) is 1. The second-order valence-corrected chi connectivity index (χ2v) is 6.16. The molecule has 0 radical (unpaired) electrons. The number of carbonyl (C=O) groups excluding carboxylic acids is 1. The van der Waals surface area contributed by atoms with Gasteiger partial charge in [-0.2, -0.15) is 0 Å². The van der Waals surface area contributed by atoms with Gasteiger partial charge >= 0.3 is 5.97 Å². The Bertz CT molecular complexity index is 448. The van der Waals surface area contributed by atoms with Gasteiger partial charge in [-0.05, 0) is 30.5 Å². The van der Waals surface area contributed by atoms with Gasteiger partial charge < -0.3 is 10.1 Å². The lowest BCUT2D eigenvalue weighted by Crippen LogP contribution is -2.28. The van der Waals surface area contributed by atoms with Gasteiger partial charge in [0, 0.05) is 17.1 Å². The fourth-order valence-electron chi connectivity index (χ4n) is 2.34. The Hall–Kier alpha value is -0.870. The molecule has 4 heteroatoms. The minimum absolute atomic E-state index is 0.304. The summed E-state index contributed by atoms with van der Waals surface area (Å²) in [6, 6.07) is 6.19. The van der Waals surface area contributed by atoms with Gasteiger partial charge in [0.05, 0.1) is 12.7 Å². The van der Waals surface area contributed by atoms with Gasteiger partial charge in [-0.15, -0.1) is 0 Å². The Morgan fingerprint density at radius 3 is 2.62 bits per heavy atom. The lowest BCUT2D eigenvalue weighted by molar-refractivity contribution is 0.0600. The summed E-state index contributed by atoms with van der Waals surface area (Å²) < 4.78 is 5.68. The van der Waals surface area contributed by atoms with Crippen molar-refractivity contribution in [3.05, 3.63) is 33.8 Å². The number of hydrogen-bond donors (Lipinski definition) is 1. The standard InChI is InChI=1S/C17H26BrNO2/c1-4-6-8-15(7-5-2)19-12-14-10-9-13(11-16(14)18)17(20)21-3/h9-11,15,19H,4-8,12H2,1-3H3. The van der Waals surface area contributed by atoms with Crippen LogP contribution in [0.2, 0.25) is 0 Å². The SMILES string of the molecule is CCCCC(CCC)NCc1ccc(C(=O)OC)cc1Br. The monoisotopic (exact) mass is 355 g/mol. The molecule has 0 spiro atoms. The van der Waals surface area contributed by atoms with Gasteiger partial charge in [-0.25, -0.2) is 4.79 Å². The van der Waals surface area contributed by atoms with Gasteiger partial charge in [0.2, 0.25) is 0 Å². The lowest BCUT2D eigenvalue weighted by Gasteiger charge is -2.18. The van der Waals surface area contributed by atoms with Crippen LogP contribution in [0.1, 0.15) is 61.9 Å². The first kappa shape index (κ1) is 18.2. The van der Waals surface area contributed by atoms with Crippen LogP contribution in [0, 0.1) is 0 Å². The lowest BCUT2D eigenvalue weighted by atomic mass is 10.0. The van der Waals surface area contributed by atoms with Crippen LogP contribution in [-0.4, -0.2) is 19.1 Å². The molecular formula is C17H26BrNO2. The number of unbranched alkanes of at least 4 members (excludes halogenated alkanes) is 1. The average molecular weight is 356 g/mol. The summed E-state index contributed by atoms with van der Waals surface area (Å²) in [4.78, 5) is 11.5. The summed E-state index contributed by atoms with van der Waals surface area (Å²) in [5, 5.41) is 3.63. The van der Waals surface area contributed by atoms with E-state index in [1.165, 1.54) is 44.8 Å². The largest absolute Gasteiger partial charge is 0.465 e. The maximum atomic E-state index is 11.5. The molecule has 1 atom stereocenters. The topological polar surface area (TPSA) is 38.3 Å². The maximum Gasteiger partial charge on any atom is 0.337 e. The van der Waals surface area contributed by atoms with Crippen LogP contribution in [-0.2, 0) is 11.3 Å². The predicted octanol–water partition coefficient (Wildman–Crippen LogP) is 4.68. The van der Waals surface area contributed by atoms with E-state index in [4.69, 9.17) is 4.74 Å². The van der Waals surface area contributed by atoms with E-state index in [1.807, 2.05) is 18.2 Å². The molecule has 1 unspecified atom stereocenters. The van der Waals surface area contributed by atoms with Crippen LogP contribution in [0.15, 0.2) is 22.7 Å². The molecule has 1 aromatic rings. The summed E-state index contributed by atoms with van der Waals surface area (Å²) in [5.41, 5.74) is 1.74. The number of esters is 1. The van der Waals surface area contributed by atoms with Gasteiger partial charge in [0.25, 0.3) is 0 Å². The molecule has 0 fully saturated rings. The Morgan fingerprint density at radius 1 is 1.29 bits per heavy atom. The van der Waals surface area contributed by atoms with E-state index in [1.54, 1.807) is 0 Å². The number of rotatable bonds is 9. The molecule has 1 aromatic carbocycles. The van der Waals surface area contributed by atoms with Crippen LogP contribution >= 0.6 is 15.9 Å². The first-order valence-corrected chi connectivity index (χ1v) is 8.51. The smallest absolute Gasteiger partial charge is 0.337 e. The number of carbonyl (C=O) groups is 1. The van der Waals surface area contributed by atoms with E-state index >= 15 is 0 Å². The fourth-order valence-corrected chi connectivity index (χ4v) is 2.86.